The van der Waals surface area contributed by atoms with Gasteiger partial charge in [0.15, 0.2) is 0 Å². The molecule has 0 aromatic heterocycles. The van der Waals surface area contributed by atoms with Gasteiger partial charge in [-0.3, -0.25) is 24.4 Å². The molecular formula is C20H23N3O4S. The maximum atomic E-state index is 12.7. The van der Waals surface area contributed by atoms with Crippen molar-refractivity contribution in [3.05, 3.63) is 29.8 Å². The van der Waals surface area contributed by atoms with Crippen LogP contribution in [0.25, 0.3) is 0 Å². The zero-order chi connectivity index (χ0) is 19.7. The third-order valence-electron chi connectivity index (χ3n) is 5.29. The number of hydrogen-bond donors (Lipinski definition) is 0. The maximum absolute atomic E-state index is 12.7. The van der Waals surface area contributed by atoms with Crippen LogP contribution < -0.4 is 4.74 Å². The van der Waals surface area contributed by atoms with Crippen molar-refractivity contribution in [1.82, 2.24) is 9.80 Å². The van der Waals surface area contributed by atoms with E-state index in [2.05, 4.69) is 4.99 Å². The Morgan fingerprint density at radius 2 is 1.82 bits per heavy atom. The molecule has 0 radical (unpaired) electrons. The number of nitrogens with zero attached hydrogens (tertiary/aromatic N) is 3. The lowest BCUT2D eigenvalue weighted by Crippen LogP contribution is -2.41. The first kappa shape index (κ1) is 19.0. The minimum absolute atomic E-state index is 0.0363. The summed E-state index contributed by atoms with van der Waals surface area (Å²) in [7, 11) is 0. The molecule has 4 amide bonds. The molecule has 1 aliphatic carbocycles. The van der Waals surface area contributed by atoms with Crippen LogP contribution in [-0.4, -0.2) is 63.7 Å². The normalized spacial score (nSPS) is 23.1. The van der Waals surface area contributed by atoms with Gasteiger partial charge >= 0.3 is 17.8 Å². The Hall–Kier alpha value is -2.35. The molecule has 7 nitrogen and oxygen atoms in total. The first-order chi connectivity index (χ1) is 13.6. The van der Waals surface area contributed by atoms with E-state index >= 15 is 0 Å². The van der Waals surface area contributed by atoms with Crippen LogP contribution in [0.5, 0.6) is 5.75 Å². The van der Waals surface area contributed by atoms with E-state index in [0.717, 1.165) is 46.9 Å². The predicted octanol–water partition coefficient (Wildman–Crippen LogP) is 2.68. The molecule has 1 aromatic rings. The molecule has 1 aromatic carbocycles. The molecule has 1 saturated carbocycles. The van der Waals surface area contributed by atoms with E-state index in [9.17, 15) is 14.4 Å². The van der Waals surface area contributed by atoms with Gasteiger partial charge in [-0.2, -0.15) is 0 Å². The number of thioether (sulfide) groups is 1. The molecule has 8 heteroatoms. The zero-order valence-corrected chi connectivity index (χ0v) is 16.6. The number of ether oxygens (including phenoxy) is 1. The van der Waals surface area contributed by atoms with Crippen LogP contribution in [0.1, 0.15) is 38.2 Å². The predicted molar refractivity (Wildman–Crippen MR) is 107 cm³/mol. The third kappa shape index (κ3) is 3.53. The highest BCUT2D eigenvalue weighted by molar-refractivity contribution is 8.15. The number of imide groups is 2. The van der Waals surface area contributed by atoms with Gasteiger partial charge in [-0.25, -0.2) is 4.79 Å². The van der Waals surface area contributed by atoms with E-state index in [0.29, 0.717) is 13.2 Å². The van der Waals surface area contributed by atoms with E-state index in [1.807, 2.05) is 31.2 Å². The van der Waals surface area contributed by atoms with Crippen LogP contribution in [-0.2, 0) is 9.59 Å². The van der Waals surface area contributed by atoms with Crippen molar-refractivity contribution in [2.75, 3.05) is 19.7 Å². The van der Waals surface area contributed by atoms with Crippen molar-refractivity contribution >= 4 is 34.7 Å². The molecular weight excluding hydrogens is 378 g/mol. The number of amides is 4. The van der Waals surface area contributed by atoms with Gasteiger partial charge in [0.2, 0.25) is 0 Å². The van der Waals surface area contributed by atoms with E-state index in [1.54, 1.807) is 11.8 Å². The summed E-state index contributed by atoms with van der Waals surface area (Å²) < 4.78 is 5.45. The fraction of sp³-hybridized carbons (Fsp3) is 0.500. The molecule has 28 heavy (non-hydrogen) atoms. The highest BCUT2D eigenvalue weighted by atomic mass is 32.2. The zero-order valence-electron chi connectivity index (χ0n) is 15.8. The van der Waals surface area contributed by atoms with Crippen molar-refractivity contribution in [3.8, 4) is 5.75 Å². The Bertz CT molecular complexity index is 817. The Kier molecular flexibility index (Phi) is 5.39. The number of aliphatic imine (C=N–C) groups is 1. The number of urea groups is 1. The minimum atomic E-state index is -0.702. The lowest BCUT2D eigenvalue weighted by molar-refractivity contribution is -0.144. The number of benzene rings is 1. The van der Waals surface area contributed by atoms with Gasteiger partial charge in [-0.1, -0.05) is 24.6 Å². The summed E-state index contributed by atoms with van der Waals surface area (Å²) in [6.07, 6.45) is 3.57. The summed E-state index contributed by atoms with van der Waals surface area (Å²) in [5.74, 6) is -0.565. The first-order valence-electron chi connectivity index (χ1n) is 9.72. The summed E-state index contributed by atoms with van der Waals surface area (Å²) in [4.78, 5) is 44.3. The Balaban J connectivity index is 1.38. The van der Waals surface area contributed by atoms with Crippen molar-refractivity contribution in [1.29, 1.82) is 0 Å². The van der Waals surface area contributed by atoms with Gasteiger partial charge < -0.3 is 4.74 Å². The molecule has 3 aliphatic rings. The fourth-order valence-electron chi connectivity index (χ4n) is 3.90. The largest absolute Gasteiger partial charge is 0.494 e. The second-order valence-corrected chi connectivity index (χ2v) is 8.44. The Labute approximate surface area is 168 Å². The minimum Gasteiger partial charge on any atom is -0.494 e. The molecule has 4 rings (SSSR count). The number of carbonyl (C=O) groups is 3. The number of carbonyl (C=O) groups excluding carboxylic acids is 3. The molecule has 2 heterocycles. The van der Waals surface area contributed by atoms with Crippen LogP contribution >= 0.6 is 11.8 Å². The Morgan fingerprint density at radius 1 is 1.11 bits per heavy atom. The standard InChI is InChI=1S/C20H23N3O4S/c1-2-27-15-9-7-13(8-10-15)17-21-11-16(28-17)12-22-18(24)19(25)23(20(22)26)14-5-3-4-6-14/h7-10,14,16H,2-6,11-12H2,1H3. The van der Waals surface area contributed by atoms with Crippen LogP contribution in [0.3, 0.4) is 0 Å². The summed E-state index contributed by atoms with van der Waals surface area (Å²) in [5.41, 5.74) is 0.985. The van der Waals surface area contributed by atoms with E-state index in [4.69, 9.17) is 4.74 Å². The van der Waals surface area contributed by atoms with Crippen molar-refractivity contribution in [3.63, 3.8) is 0 Å². The van der Waals surface area contributed by atoms with Gasteiger partial charge in [0, 0.05) is 23.4 Å². The molecule has 2 fully saturated rings. The maximum Gasteiger partial charge on any atom is 0.334 e. The lowest BCUT2D eigenvalue weighted by Gasteiger charge is -2.22. The monoisotopic (exact) mass is 401 g/mol. The highest BCUT2D eigenvalue weighted by Gasteiger charge is 2.48. The van der Waals surface area contributed by atoms with E-state index in [1.165, 1.54) is 4.90 Å². The molecule has 0 bridgehead atoms. The topological polar surface area (TPSA) is 79.3 Å². The number of rotatable bonds is 6. The second kappa shape index (κ2) is 7.95. The first-order valence-corrected chi connectivity index (χ1v) is 10.6. The molecule has 0 N–H and O–H groups in total. The average Bonchev–Trinajstić information content (AvgIpc) is 3.42. The van der Waals surface area contributed by atoms with Crippen molar-refractivity contribution in [2.24, 2.45) is 4.99 Å². The van der Waals surface area contributed by atoms with Crippen LogP contribution in [0.4, 0.5) is 4.79 Å². The van der Waals surface area contributed by atoms with Crippen molar-refractivity contribution in [2.45, 2.75) is 43.9 Å². The molecule has 2 aliphatic heterocycles. The quantitative estimate of drug-likeness (QED) is 0.541. The van der Waals surface area contributed by atoms with Crippen molar-refractivity contribution < 1.29 is 19.1 Å². The average molecular weight is 401 g/mol. The lowest BCUT2D eigenvalue weighted by atomic mass is 10.2. The van der Waals surface area contributed by atoms with Gasteiger partial charge in [0.05, 0.1) is 18.2 Å². The fourth-order valence-corrected chi connectivity index (χ4v) is 5.01. The van der Waals surface area contributed by atoms with E-state index in [-0.39, 0.29) is 17.8 Å². The molecule has 1 unspecified atom stereocenters. The van der Waals surface area contributed by atoms with Gasteiger partial charge in [-0.05, 0) is 44.0 Å². The molecule has 148 valence electrons. The Morgan fingerprint density at radius 3 is 2.50 bits per heavy atom. The summed E-state index contributed by atoms with van der Waals surface area (Å²) in [5, 5.41) is 0.844. The van der Waals surface area contributed by atoms with Crippen LogP contribution in [0.2, 0.25) is 0 Å². The SMILES string of the molecule is CCOc1ccc(C2=NCC(CN3C(=O)C(=O)N(C4CCCC4)C3=O)S2)cc1. The van der Waals surface area contributed by atoms with Crippen LogP contribution in [0.15, 0.2) is 29.3 Å². The highest BCUT2D eigenvalue weighted by Crippen LogP contribution is 2.31. The third-order valence-corrected chi connectivity index (χ3v) is 6.51. The smallest absolute Gasteiger partial charge is 0.334 e. The van der Waals surface area contributed by atoms with Gasteiger partial charge in [0.1, 0.15) is 5.75 Å². The molecule has 0 spiro atoms. The second-order valence-electron chi connectivity index (χ2n) is 7.15. The molecule has 1 atom stereocenters. The van der Waals surface area contributed by atoms with Gasteiger partial charge in [0.25, 0.3) is 0 Å². The summed E-state index contributed by atoms with van der Waals surface area (Å²) >= 11 is 1.54. The summed E-state index contributed by atoms with van der Waals surface area (Å²) in [6, 6.07) is 7.13. The van der Waals surface area contributed by atoms with Crippen LogP contribution in [0, 0.1) is 0 Å². The number of hydrogen-bond acceptors (Lipinski definition) is 6. The van der Waals surface area contributed by atoms with Gasteiger partial charge in [-0.15, -0.1) is 0 Å². The van der Waals surface area contributed by atoms with E-state index < -0.39 is 17.8 Å². The summed E-state index contributed by atoms with van der Waals surface area (Å²) in [6.45, 7) is 3.28. The molecule has 1 saturated heterocycles.